The van der Waals surface area contributed by atoms with Crippen LogP contribution in [0.25, 0.3) is 0 Å². The molecule has 1 aliphatic rings. The Kier molecular flexibility index (Phi) is 6.17. The molecule has 0 unspecified atom stereocenters. The largest absolute Gasteiger partial charge is 0.381 e. The van der Waals surface area contributed by atoms with Crippen LogP contribution in [0.15, 0.2) is 29.2 Å². The number of benzene rings is 1. The highest BCUT2D eigenvalue weighted by Crippen LogP contribution is 2.15. The second-order valence-electron chi connectivity index (χ2n) is 5.36. The molecule has 1 fully saturated rings. The number of hydrogen-bond acceptors (Lipinski definition) is 4. The molecule has 118 valence electrons. The van der Waals surface area contributed by atoms with Gasteiger partial charge in [-0.15, -0.1) is 0 Å². The zero-order valence-electron chi connectivity index (χ0n) is 12.5. The first kappa shape index (κ1) is 16.4. The topological polar surface area (TPSA) is 67.4 Å². The van der Waals surface area contributed by atoms with Crippen LogP contribution in [-0.4, -0.2) is 41.3 Å². The maximum atomic E-state index is 12.3. The summed E-state index contributed by atoms with van der Waals surface area (Å²) in [6, 6.07) is 7.16. The average Bonchev–Trinajstić information content (AvgIpc) is 2.49. The van der Waals surface area contributed by atoms with Gasteiger partial charge in [0.05, 0.1) is 4.90 Å². The number of nitrogens with one attached hydrogen (secondary N) is 2. The quantitative estimate of drug-likeness (QED) is 0.745. The minimum absolute atomic E-state index is 0.0148. The average molecular weight is 312 g/mol. The van der Waals surface area contributed by atoms with Crippen LogP contribution in [0.2, 0.25) is 0 Å². The van der Waals surface area contributed by atoms with Crippen molar-refractivity contribution >= 4 is 10.0 Å². The number of aryl methyl sites for hydroxylation is 1. The van der Waals surface area contributed by atoms with E-state index in [1.165, 1.54) is 0 Å². The minimum atomic E-state index is -3.42. The summed E-state index contributed by atoms with van der Waals surface area (Å²) in [6.45, 7) is 2.21. The van der Waals surface area contributed by atoms with Gasteiger partial charge in [0, 0.05) is 19.3 Å². The summed E-state index contributed by atoms with van der Waals surface area (Å²) < 4.78 is 32.6. The summed E-state index contributed by atoms with van der Waals surface area (Å²) in [5.41, 5.74) is 1.16. The summed E-state index contributed by atoms with van der Waals surface area (Å²) in [7, 11) is -1.49. The van der Waals surface area contributed by atoms with E-state index in [0.717, 1.165) is 37.8 Å². The van der Waals surface area contributed by atoms with E-state index in [1.807, 2.05) is 19.2 Å². The van der Waals surface area contributed by atoms with Gasteiger partial charge in [-0.2, -0.15) is 0 Å². The molecule has 0 radical (unpaired) electrons. The lowest BCUT2D eigenvalue weighted by Crippen LogP contribution is -2.38. The van der Waals surface area contributed by atoms with E-state index in [-0.39, 0.29) is 6.04 Å². The summed E-state index contributed by atoms with van der Waals surface area (Å²) in [6.07, 6.45) is 3.47. The van der Waals surface area contributed by atoms with E-state index < -0.39 is 10.0 Å². The Morgan fingerprint density at radius 1 is 1.19 bits per heavy atom. The highest BCUT2D eigenvalue weighted by Gasteiger charge is 2.21. The molecule has 2 N–H and O–H groups in total. The van der Waals surface area contributed by atoms with E-state index in [1.54, 1.807) is 12.1 Å². The van der Waals surface area contributed by atoms with Gasteiger partial charge in [0.15, 0.2) is 0 Å². The van der Waals surface area contributed by atoms with Crippen molar-refractivity contribution in [3.63, 3.8) is 0 Å². The molecule has 2 rings (SSSR count). The van der Waals surface area contributed by atoms with E-state index in [9.17, 15) is 8.42 Å². The molecular weight excluding hydrogens is 288 g/mol. The van der Waals surface area contributed by atoms with Crippen molar-refractivity contribution in [2.75, 3.05) is 26.8 Å². The monoisotopic (exact) mass is 312 g/mol. The van der Waals surface area contributed by atoms with Gasteiger partial charge in [-0.1, -0.05) is 12.1 Å². The first-order valence-electron chi connectivity index (χ1n) is 7.45. The fourth-order valence-electron chi connectivity index (χ4n) is 2.41. The summed E-state index contributed by atoms with van der Waals surface area (Å²) in [4.78, 5) is 0.339. The number of hydrogen-bond donors (Lipinski definition) is 2. The summed E-state index contributed by atoms with van der Waals surface area (Å²) in [5.74, 6) is 0. The number of rotatable bonds is 7. The van der Waals surface area contributed by atoms with Crippen molar-refractivity contribution in [3.8, 4) is 0 Å². The molecule has 21 heavy (non-hydrogen) atoms. The van der Waals surface area contributed by atoms with Crippen LogP contribution in [0.3, 0.4) is 0 Å². The van der Waals surface area contributed by atoms with E-state index >= 15 is 0 Å². The maximum Gasteiger partial charge on any atom is 0.240 e. The molecule has 1 aromatic carbocycles. The van der Waals surface area contributed by atoms with Gasteiger partial charge in [0.2, 0.25) is 10.0 Å². The lowest BCUT2D eigenvalue weighted by atomic mass is 10.1. The van der Waals surface area contributed by atoms with Gasteiger partial charge in [-0.25, -0.2) is 13.1 Å². The molecule has 0 saturated carbocycles. The maximum absolute atomic E-state index is 12.3. The van der Waals surface area contributed by atoms with Crippen molar-refractivity contribution in [2.45, 2.75) is 36.6 Å². The second-order valence-corrected chi connectivity index (χ2v) is 7.07. The third kappa shape index (κ3) is 5.07. The Labute approximate surface area is 127 Å². The Morgan fingerprint density at radius 3 is 2.48 bits per heavy atom. The lowest BCUT2D eigenvalue weighted by Gasteiger charge is -2.23. The number of sulfonamides is 1. The van der Waals surface area contributed by atoms with Crippen LogP contribution in [-0.2, 0) is 21.2 Å². The first-order valence-corrected chi connectivity index (χ1v) is 8.94. The lowest BCUT2D eigenvalue weighted by molar-refractivity contribution is 0.0832. The SMILES string of the molecule is CNCCCc1ccc(S(=O)(=O)NC2CCOCC2)cc1. The van der Waals surface area contributed by atoms with E-state index in [2.05, 4.69) is 10.0 Å². The smallest absolute Gasteiger partial charge is 0.240 e. The van der Waals surface area contributed by atoms with Crippen LogP contribution in [0, 0.1) is 0 Å². The highest BCUT2D eigenvalue weighted by molar-refractivity contribution is 7.89. The van der Waals surface area contributed by atoms with Crippen molar-refractivity contribution in [2.24, 2.45) is 0 Å². The van der Waals surface area contributed by atoms with Crippen molar-refractivity contribution < 1.29 is 13.2 Å². The fourth-order valence-corrected chi connectivity index (χ4v) is 3.71. The van der Waals surface area contributed by atoms with Gasteiger partial charge in [-0.3, -0.25) is 0 Å². The molecule has 0 atom stereocenters. The van der Waals surface area contributed by atoms with Crippen LogP contribution in [0.5, 0.6) is 0 Å². The summed E-state index contributed by atoms with van der Waals surface area (Å²) >= 11 is 0. The predicted molar refractivity (Wildman–Crippen MR) is 82.9 cm³/mol. The highest BCUT2D eigenvalue weighted by atomic mass is 32.2. The third-order valence-corrected chi connectivity index (χ3v) is 5.21. The van der Waals surface area contributed by atoms with E-state index in [0.29, 0.717) is 18.1 Å². The van der Waals surface area contributed by atoms with Crippen LogP contribution < -0.4 is 10.0 Å². The standard InChI is InChI=1S/C15H24N2O3S/c1-16-10-2-3-13-4-6-15(7-5-13)21(18,19)17-14-8-11-20-12-9-14/h4-7,14,16-17H,2-3,8-12H2,1H3. The van der Waals surface area contributed by atoms with Crippen LogP contribution >= 0.6 is 0 Å². The van der Waals surface area contributed by atoms with Crippen molar-refractivity contribution in [1.82, 2.24) is 10.0 Å². The minimum Gasteiger partial charge on any atom is -0.381 e. The molecule has 1 heterocycles. The van der Waals surface area contributed by atoms with E-state index in [4.69, 9.17) is 4.74 Å². The molecule has 1 saturated heterocycles. The molecule has 0 aliphatic carbocycles. The van der Waals surface area contributed by atoms with Gasteiger partial charge in [0.1, 0.15) is 0 Å². The Morgan fingerprint density at radius 2 is 1.86 bits per heavy atom. The molecule has 6 heteroatoms. The fraction of sp³-hybridized carbons (Fsp3) is 0.600. The van der Waals surface area contributed by atoms with Crippen LogP contribution in [0.4, 0.5) is 0 Å². The van der Waals surface area contributed by atoms with Gasteiger partial charge >= 0.3 is 0 Å². The molecule has 1 aromatic rings. The summed E-state index contributed by atoms with van der Waals surface area (Å²) in [5, 5.41) is 3.10. The van der Waals surface area contributed by atoms with Gasteiger partial charge < -0.3 is 10.1 Å². The molecule has 0 bridgehead atoms. The predicted octanol–water partition coefficient (Wildman–Crippen LogP) is 1.30. The molecule has 0 aromatic heterocycles. The van der Waals surface area contributed by atoms with Crippen LogP contribution in [0.1, 0.15) is 24.8 Å². The van der Waals surface area contributed by atoms with Crippen molar-refractivity contribution in [1.29, 1.82) is 0 Å². The molecule has 5 nitrogen and oxygen atoms in total. The molecular formula is C15H24N2O3S. The second kappa shape index (κ2) is 7.89. The third-order valence-electron chi connectivity index (χ3n) is 3.67. The zero-order valence-corrected chi connectivity index (χ0v) is 13.3. The normalized spacial score (nSPS) is 17.0. The Balaban J connectivity index is 1.95. The number of ether oxygens (including phenoxy) is 1. The Bertz CT molecular complexity index is 522. The Hall–Kier alpha value is -0.950. The molecule has 1 aliphatic heterocycles. The van der Waals surface area contributed by atoms with Crippen molar-refractivity contribution in [3.05, 3.63) is 29.8 Å². The first-order chi connectivity index (χ1) is 10.1. The van der Waals surface area contributed by atoms with Gasteiger partial charge in [-0.05, 0) is 57.0 Å². The molecule has 0 amide bonds. The zero-order chi connectivity index (χ0) is 15.1. The molecule has 0 spiro atoms. The van der Waals surface area contributed by atoms with Gasteiger partial charge in [0.25, 0.3) is 0 Å².